The van der Waals surface area contributed by atoms with Gasteiger partial charge in [0.25, 0.3) is 0 Å². The number of imidazole rings is 1. The number of rotatable bonds is 6. The van der Waals surface area contributed by atoms with Crippen LogP contribution in [0.4, 0.5) is 5.95 Å². The summed E-state index contributed by atoms with van der Waals surface area (Å²) in [7, 11) is 2.18. The lowest BCUT2D eigenvalue weighted by molar-refractivity contribution is 0.206. The normalized spacial score (nSPS) is 18.6. The second-order valence-electron chi connectivity index (χ2n) is 10.0. The number of phenols is 1. The predicted molar refractivity (Wildman–Crippen MR) is 140 cm³/mol. The lowest BCUT2D eigenvalue weighted by atomic mass is 9.91. The molecule has 1 atom stereocenters. The largest absolute Gasteiger partial charge is 0.508 e. The molecular weight excluding hydrogens is 450 g/mol. The van der Waals surface area contributed by atoms with Crippen LogP contribution in [0.25, 0.3) is 5.65 Å². The Morgan fingerprint density at radius 3 is 2.78 bits per heavy atom. The van der Waals surface area contributed by atoms with Crippen molar-refractivity contribution in [1.29, 1.82) is 0 Å². The van der Waals surface area contributed by atoms with Gasteiger partial charge >= 0.3 is 0 Å². The summed E-state index contributed by atoms with van der Waals surface area (Å²) in [5.74, 6) is 1.28. The zero-order chi connectivity index (χ0) is 24.5. The first-order valence-corrected chi connectivity index (χ1v) is 12.9. The summed E-state index contributed by atoms with van der Waals surface area (Å²) in [5, 5.41) is 9.76. The number of aromatic nitrogens is 4. The standard InChI is InChI=1S/C28H33N7O/c1-32(25-9-3-6-22-7-4-11-29-27(22)25)19-23-20-35-26(31-23)10-12-30-28(35)34-15-13-33(14-16-34)18-21-5-2-8-24(36)17-21/h2,4-5,7-8,10-12,17,20,25,36H,3,6,9,13-16,18-19H2,1H3/t25-/m0/s1. The van der Waals surface area contributed by atoms with Crippen LogP contribution in [-0.2, 0) is 19.5 Å². The minimum atomic E-state index is 0.326. The number of aryl methyl sites for hydroxylation is 1. The summed E-state index contributed by atoms with van der Waals surface area (Å²) in [5.41, 5.74) is 5.74. The summed E-state index contributed by atoms with van der Waals surface area (Å²) >= 11 is 0. The molecule has 1 aromatic carbocycles. The van der Waals surface area contributed by atoms with E-state index >= 15 is 0 Å². The Labute approximate surface area is 211 Å². The van der Waals surface area contributed by atoms with Gasteiger partial charge in [-0.1, -0.05) is 18.2 Å². The van der Waals surface area contributed by atoms with Crippen molar-refractivity contribution in [3.8, 4) is 5.75 Å². The molecule has 1 aliphatic carbocycles. The van der Waals surface area contributed by atoms with E-state index in [0.717, 1.165) is 75.0 Å². The molecule has 186 valence electrons. The molecule has 0 unspecified atom stereocenters. The van der Waals surface area contributed by atoms with Crippen molar-refractivity contribution in [2.24, 2.45) is 0 Å². The molecule has 4 heterocycles. The highest BCUT2D eigenvalue weighted by molar-refractivity contribution is 5.48. The van der Waals surface area contributed by atoms with Crippen LogP contribution in [0.2, 0.25) is 0 Å². The summed E-state index contributed by atoms with van der Waals surface area (Å²) < 4.78 is 2.14. The molecule has 0 bridgehead atoms. The fourth-order valence-electron chi connectivity index (χ4n) is 5.66. The smallest absolute Gasteiger partial charge is 0.211 e. The molecule has 1 aliphatic heterocycles. The number of anilines is 1. The van der Waals surface area contributed by atoms with E-state index in [2.05, 4.69) is 44.5 Å². The van der Waals surface area contributed by atoms with Gasteiger partial charge in [-0.15, -0.1) is 0 Å². The first kappa shape index (κ1) is 22.9. The number of fused-ring (bicyclic) bond motifs is 2. The number of nitrogens with zero attached hydrogens (tertiary/aromatic N) is 7. The van der Waals surface area contributed by atoms with Gasteiger partial charge in [0.05, 0.1) is 17.4 Å². The number of hydrogen-bond acceptors (Lipinski definition) is 7. The molecule has 6 rings (SSSR count). The average Bonchev–Trinajstić information content (AvgIpc) is 3.31. The molecular formula is C28H33N7O. The van der Waals surface area contributed by atoms with Crippen molar-refractivity contribution >= 4 is 11.6 Å². The monoisotopic (exact) mass is 483 g/mol. The molecule has 0 radical (unpaired) electrons. The Bertz CT molecular complexity index is 1340. The van der Waals surface area contributed by atoms with Crippen LogP contribution >= 0.6 is 0 Å². The zero-order valence-electron chi connectivity index (χ0n) is 20.8. The van der Waals surface area contributed by atoms with E-state index in [4.69, 9.17) is 15.0 Å². The Balaban J connectivity index is 1.15. The van der Waals surface area contributed by atoms with Crippen LogP contribution in [-0.4, -0.2) is 67.5 Å². The molecule has 4 aromatic rings. The highest BCUT2D eigenvalue weighted by Gasteiger charge is 2.26. The number of hydrogen-bond donors (Lipinski definition) is 1. The molecule has 2 aliphatic rings. The van der Waals surface area contributed by atoms with Crippen LogP contribution < -0.4 is 4.90 Å². The fourth-order valence-corrected chi connectivity index (χ4v) is 5.66. The van der Waals surface area contributed by atoms with Gasteiger partial charge < -0.3 is 10.0 Å². The molecule has 1 saturated heterocycles. The van der Waals surface area contributed by atoms with Crippen LogP contribution in [0, 0.1) is 0 Å². The van der Waals surface area contributed by atoms with Gasteiger partial charge in [0, 0.05) is 57.9 Å². The Morgan fingerprint density at radius 1 is 1.03 bits per heavy atom. The van der Waals surface area contributed by atoms with Gasteiger partial charge in [0.1, 0.15) is 11.4 Å². The second-order valence-corrected chi connectivity index (χ2v) is 10.0. The van der Waals surface area contributed by atoms with E-state index in [-0.39, 0.29) is 0 Å². The number of phenolic OH excluding ortho intramolecular Hbond substituents is 1. The van der Waals surface area contributed by atoms with Crippen molar-refractivity contribution in [3.63, 3.8) is 0 Å². The second kappa shape index (κ2) is 9.87. The van der Waals surface area contributed by atoms with Crippen molar-refractivity contribution < 1.29 is 5.11 Å². The first-order valence-electron chi connectivity index (χ1n) is 12.9. The maximum absolute atomic E-state index is 9.76. The maximum Gasteiger partial charge on any atom is 0.211 e. The SMILES string of the molecule is CN(Cc1cn2c(N3CCN(Cc4cccc(O)c4)CC3)nccc2n1)[C@H]1CCCc2cccnc21. The fraction of sp³-hybridized carbons (Fsp3) is 0.393. The average molecular weight is 484 g/mol. The predicted octanol–water partition coefficient (Wildman–Crippen LogP) is 3.66. The van der Waals surface area contributed by atoms with Crippen molar-refractivity contribution in [1.82, 2.24) is 29.2 Å². The van der Waals surface area contributed by atoms with E-state index in [0.29, 0.717) is 11.8 Å². The van der Waals surface area contributed by atoms with Crippen LogP contribution in [0.3, 0.4) is 0 Å². The summed E-state index contributed by atoms with van der Waals surface area (Å²) in [6.07, 6.45) is 9.38. The molecule has 8 heteroatoms. The molecule has 3 aromatic heterocycles. The first-order chi connectivity index (χ1) is 17.6. The van der Waals surface area contributed by atoms with Gasteiger partial charge in [-0.05, 0) is 61.7 Å². The molecule has 1 fully saturated rings. The molecule has 0 spiro atoms. The number of piperazine rings is 1. The summed E-state index contributed by atoms with van der Waals surface area (Å²) in [4.78, 5) is 21.6. The van der Waals surface area contributed by atoms with Crippen molar-refractivity contribution in [2.75, 3.05) is 38.1 Å². The third kappa shape index (κ3) is 4.66. The summed E-state index contributed by atoms with van der Waals surface area (Å²) in [6, 6.07) is 14.1. The van der Waals surface area contributed by atoms with Crippen molar-refractivity contribution in [2.45, 2.75) is 38.4 Å². The molecule has 0 saturated carbocycles. The van der Waals surface area contributed by atoms with Gasteiger partial charge in [-0.3, -0.25) is 19.2 Å². The molecule has 8 nitrogen and oxygen atoms in total. The highest BCUT2D eigenvalue weighted by Crippen LogP contribution is 2.32. The van der Waals surface area contributed by atoms with E-state index in [9.17, 15) is 5.11 Å². The lowest BCUT2D eigenvalue weighted by Crippen LogP contribution is -2.46. The minimum absolute atomic E-state index is 0.326. The van der Waals surface area contributed by atoms with E-state index in [1.807, 2.05) is 36.7 Å². The zero-order valence-corrected chi connectivity index (χ0v) is 20.8. The number of aromatic hydroxyl groups is 1. The van der Waals surface area contributed by atoms with Gasteiger partial charge in [-0.25, -0.2) is 9.97 Å². The minimum Gasteiger partial charge on any atom is -0.508 e. The maximum atomic E-state index is 9.76. The number of pyridine rings is 1. The quantitative estimate of drug-likeness (QED) is 0.449. The van der Waals surface area contributed by atoms with E-state index in [1.165, 1.54) is 17.7 Å². The van der Waals surface area contributed by atoms with Gasteiger partial charge in [0.2, 0.25) is 5.95 Å². The third-order valence-corrected chi connectivity index (χ3v) is 7.49. The van der Waals surface area contributed by atoms with Crippen LogP contribution in [0.1, 0.15) is 41.4 Å². The molecule has 1 N–H and O–H groups in total. The topological polar surface area (TPSA) is 73.0 Å². The molecule has 36 heavy (non-hydrogen) atoms. The van der Waals surface area contributed by atoms with E-state index in [1.54, 1.807) is 6.07 Å². The number of benzene rings is 1. The Kier molecular flexibility index (Phi) is 6.29. The van der Waals surface area contributed by atoms with Crippen molar-refractivity contribution in [3.05, 3.63) is 83.6 Å². The van der Waals surface area contributed by atoms with E-state index < -0.39 is 0 Å². The highest BCUT2D eigenvalue weighted by atomic mass is 16.3. The van der Waals surface area contributed by atoms with Crippen LogP contribution in [0.15, 0.2) is 61.1 Å². The van der Waals surface area contributed by atoms with Crippen LogP contribution in [0.5, 0.6) is 5.75 Å². The summed E-state index contributed by atoms with van der Waals surface area (Å²) in [6.45, 7) is 5.34. The van der Waals surface area contributed by atoms with Gasteiger partial charge in [-0.2, -0.15) is 0 Å². The molecule has 0 amide bonds. The Morgan fingerprint density at radius 2 is 1.92 bits per heavy atom. The lowest BCUT2D eigenvalue weighted by Gasteiger charge is -2.35. The van der Waals surface area contributed by atoms with Gasteiger partial charge in [0.15, 0.2) is 0 Å². The Hall–Kier alpha value is -3.49. The third-order valence-electron chi connectivity index (χ3n) is 7.49.